The van der Waals surface area contributed by atoms with Crippen LogP contribution in [0.15, 0.2) is 30.3 Å². The van der Waals surface area contributed by atoms with Gasteiger partial charge in [0.15, 0.2) is 0 Å². The number of rotatable bonds is 4. The monoisotopic (exact) mass is 354 g/mol. The van der Waals surface area contributed by atoms with Gasteiger partial charge in [0.2, 0.25) is 5.91 Å². The van der Waals surface area contributed by atoms with E-state index < -0.39 is 0 Å². The van der Waals surface area contributed by atoms with Crippen LogP contribution in [0.4, 0.5) is 0 Å². The molecule has 2 atom stereocenters. The lowest BCUT2D eigenvalue weighted by Crippen LogP contribution is -2.57. The van der Waals surface area contributed by atoms with Gasteiger partial charge < -0.3 is 20.1 Å². The summed E-state index contributed by atoms with van der Waals surface area (Å²) in [4.78, 5) is 12.5. The minimum Gasteiger partial charge on any atom is -0.381 e. The first kappa shape index (κ1) is 19.2. The molecule has 2 heterocycles. The first-order chi connectivity index (χ1) is 11.2. The fourth-order valence-corrected chi connectivity index (χ4v) is 3.51. The van der Waals surface area contributed by atoms with Gasteiger partial charge in [0.05, 0.1) is 12.7 Å². The molecule has 0 aromatic heterocycles. The van der Waals surface area contributed by atoms with E-state index in [1.165, 1.54) is 5.56 Å². The second kappa shape index (κ2) is 8.81. The van der Waals surface area contributed by atoms with Gasteiger partial charge in [0.25, 0.3) is 0 Å². The van der Waals surface area contributed by atoms with Gasteiger partial charge in [-0.15, -0.1) is 12.4 Å². The first-order valence-electron chi connectivity index (χ1n) is 8.47. The molecular formula is C18H27ClN2O3. The van der Waals surface area contributed by atoms with Crippen LogP contribution in [-0.2, 0) is 19.7 Å². The Morgan fingerprint density at radius 3 is 2.62 bits per heavy atom. The molecule has 1 aromatic rings. The Labute approximate surface area is 149 Å². The summed E-state index contributed by atoms with van der Waals surface area (Å²) in [6, 6.07) is 10.2. The quantitative estimate of drug-likeness (QED) is 0.863. The molecule has 1 aromatic carbocycles. The summed E-state index contributed by atoms with van der Waals surface area (Å²) < 4.78 is 11.1. The summed E-state index contributed by atoms with van der Waals surface area (Å²) in [5.74, 6) is 0.0268. The van der Waals surface area contributed by atoms with Gasteiger partial charge in [0.1, 0.15) is 6.04 Å². The number of ether oxygens (including phenoxy) is 2. The van der Waals surface area contributed by atoms with Crippen LogP contribution in [-0.4, -0.2) is 51.0 Å². The first-order valence-corrected chi connectivity index (χ1v) is 8.47. The molecule has 2 fully saturated rings. The maximum Gasteiger partial charge on any atom is 0.239 e. The maximum atomic E-state index is 12.5. The number of morpholine rings is 1. The fraction of sp³-hybridized carbons (Fsp3) is 0.611. The lowest BCUT2D eigenvalue weighted by atomic mass is 9.74. The van der Waals surface area contributed by atoms with Crippen molar-refractivity contribution >= 4 is 18.3 Å². The summed E-state index contributed by atoms with van der Waals surface area (Å²) in [5.41, 5.74) is 1.25. The highest BCUT2D eigenvalue weighted by atomic mass is 35.5. The van der Waals surface area contributed by atoms with Crippen molar-refractivity contribution in [1.82, 2.24) is 10.6 Å². The molecule has 5 nitrogen and oxygen atoms in total. The Balaban J connectivity index is 0.00000208. The third-order valence-corrected chi connectivity index (χ3v) is 5.04. The minimum atomic E-state index is -0.267. The molecule has 1 amide bonds. The van der Waals surface area contributed by atoms with Gasteiger partial charge >= 0.3 is 0 Å². The van der Waals surface area contributed by atoms with Crippen molar-refractivity contribution in [1.29, 1.82) is 0 Å². The molecule has 24 heavy (non-hydrogen) atoms. The normalized spacial score (nSPS) is 26.2. The average Bonchev–Trinajstić information content (AvgIpc) is 2.62. The molecule has 0 aliphatic carbocycles. The highest BCUT2D eigenvalue weighted by Crippen LogP contribution is 2.34. The van der Waals surface area contributed by atoms with Crippen LogP contribution in [0.3, 0.4) is 0 Å². The molecule has 2 aliphatic heterocycles. The third-order valence-electron chi connectivity index (χ3n) is 5.04. The van der Waals surface area contributed by atoms with E-state index in [0.29, 0.717) is 13.2 Å². The zero-order chi connectivity index (χ0) is 16.1. The van der Waals surface area contributed by atoms with Crippen LogP contribution in [0, 0.1) is 0 Å². The van der Waals surface area contributed by atoms with Crippen molar-refractivity contribution in [2.24, 2.45) is 0 Å². The van der Waals surface area contributed by atoms with Crippen molar-refractivity contribution in [2.75, 3.05) is 32.9 Å². The van der Waals surface area contributed by atoms with E-state index in [9.17, 15) is 4.79 Å². The van der Waals surface area contributed by atoms with E-state index in [1.807, 2.05) is 13.0 Å². The fourth-order valence-electron chi connectivity index (χ4n) is 3.51. The van der Waals surface area contributed by atoms with Crippen molar-refractivity contribution < 1.29 is 14.3 Å². The molecule has 3 rings (SSSR count). The summed E-state index contributed by atoms with van der Waals surface area (Å²) >= 11 is 0. The van der Waals surface area contributed by atoms with Crippen LogP contribution in [0.2, 0.25) is 0 Å². The molecule has 0 saturated carbocycles. The van der Waals surface area contributed by atoms with Gasteiger partial charge in [-0.1, -0.05) is 30.3 Å². The number of nitrogens with one attached hydrogen (secondary N) is 2. The van der Waals surface area contributed by atoms with Crippen LogP contribution in [0.25, 0.3) is 0 Å². The van der Waals surface area contributed by atoms with Crippen molar-refractivity contribution in [3.63, 3.8) is 0 Å². The highest BCUT2D eigenvalue weighted by Gasteiger charge is 2.36. The molecule has 2 N–H and O–H groups in total. The standard InChI is InChI=1S/C18H26N2O3.ClH/c1-14-16(19-9-12-23-14)17(21)20-13-18(7-10-22-11-8-18)15-5-3-2-4-6-15;/h2-6,14,16,19H,7-13H2,1H3,(H,20,21);1H/t14-,16+;/m1./s1. The summed E-state index contributed by atoms with van der Waals surface area (Å²) in [6.07, 6.45) is 1.77. The number of hydrogen-bond acceptors (Lipinski definition) is 4. The van der Waals surface area contributed by atoms with Gasteiger partial charge in [-0.2, -0.15) is 0 Å². The topological polar surface area (TPSA) is 59.6 Å². The van der Waals surface area contributed by atoms with Crippen molar-refractivity contribution in [3.05, 3.63) is 35.9 Å². The molecule has 6 heteroatoms. The Morgan fingerprint density at radius 1 is 1.25 bits per heavy atom. The predicted molar refractivity (Wildman–Crippen MR) is 95.6 cm³/mol. The van der Waals surface area contributed by atoms with Crippen LogP contribution in [0.1, 0.15) is 25.3 Å². The predicted octanol–water partition coefficient (Wildman–Crippen LogP) is 1.65. The lowest BCUT2D eigenvalue weighted by Gasteiger charge is -2.39. The molecule has 0 spiro atoms. The largest absolute Gasteiger partial charge is 0.381 e. The minimum absolute atomic E-state index is 0. The van der Waals surface area contributed by atoms with Gasteiger partial charge in [0, 0.05) is 31.7 Å². The van der Waals surface area contributed by atoms with E-state index >= 15 is 0 Å². The second-order valence-electron chi connectivity index (χ2n) is 6.48. The molecular weight excluding hydrogens is 328 g/mol. The van der Waals surface area contributed by atoms with E-state index in [-0.39, 0.29) is 35.9 Å². The van der Waals surface area contributed by atoms with Crippen molar-refractivity contribution in [2.45, 2.75) is 37.3 Å². The third kappa shape index (κ3) is 4.28. The Bertz CT molecular complexity index is 520. The smallest absolute Gasteiger partial charge is 0.239 e. The highest BCUT2D eigenvalue weighted by molar-refractivity contribution is 5.85. The molecule has 134 valence electrons. The number of benzene rings is 1. The van der Waals surface area contributed by atoms with Crippen LogP contribution in [0.5, 0.6) is 0 Å². The van der Waals surface area contributed by atoms with E-state index in [2.05, 4.69) is 34.9 Å². The van der Waals surface area contributed by atoms with E-state index in [0.717, 1.165) is 32.6 Å². The van der Waals surface area contributed by atoms with Gasteiger partial charge in [-0.25, -0.2) is 0 Å². The second-order valence-corrected chi connectivity index (χ2v) is 6.48. The van der Waals surface area contributed by atoms with E-state index in [1.54, 1.807) is 0 Å². The number of halogens is 1. The number of amides is 1. The Hall–Kier alpha value is -1.14. The Kier molecular flexibility index (Phi) is 7.04. The summed E-state index contributed by atoms with van der Waals surface area (Å²) in [6.45, 7) is 5.45. The number of carbonyl (C=O) groups excluding carboxylic acids is 1. The zero-order valence-corrected chi connectivity index (χ0v) is 14.9. The van der Waals surface area contributed by atoms with E-state index in [4.69, 9.17) is 9.47 Å². The summed E-state index contributed by atoms with van der Waals surface area (Å²) in [5, 5.41) is 6.40. The zero-order valence-electron chi connectivity index (χ0n) is 14.1. The SMILES string of the molecule is C[C@H]1OCCN[C@@H]1C(=O)NCC1(c2ccccc2)CCOCC1.Cl. The van der Waals surface area contributed by atoms with Crippen LogP contribution >= 0.6 is 12.4 Å². The summed E-state index contributed by atoms with van der Waals surface area (Å²) in [7, 11) is 0. The lowest BCUT2D eigenvalue weighted by molar-refractivity contribution is -0.129. The number of carbonyl (C=O) groups is 1. The number of hydrogen-bond donors (Lipinski definition) is 2. The Morgan fingerprint density at radius 2 is 1.96 bits per heavy atom. The molecule has 2 aliphatic rings. The molecule has 0 radical (unpaired) electrons. The maximum absolute atomic E-state index is 12.5. The molecule has 0 unspecified atom stereocenters. The average molecular weight is 355 g/mol. The van der Waals surface area contributed by atoms with Gasteiger partial charge in [-0.3, -0.25) is 4.79 Å². The van der Waals surface area contributed by atoms with Gasteiger partial charge in [-0.05, 0) is 25.3 Å². The van der Waals surface area contributed by atoms with Crippen LogP contribution < -0.4 is 10.6 Å². The molecule has 2 saturated heterocycles. The van der Waals surface area contributed by atoms with Crippen molar-refractivity contribution in [3.8, 4) is 0 Å². The molecule has 0 bridgehead atoms.